The highest BCUT2D eigenvalue weighted by molar-refractivity contribution is 8.00. The Bertz CT molecular complexity index is 1030. The molecular formula is C23H22N3OS2+. The first kappa shape index (κ1) is 19.7. The summed E-state index contributed by atoms with van der Waals surface area (Å²) in [5.41, 5.74) is 3.11. The van der Waals surface area contributed by atoms with E-state index in [9.17, 15) is 10.1 Å². The Morgan fingerprint density at radius 2 is 1.86 bits per heavy atom. The Hall–Kier alpha value is -2.59. The summed E-state index contributed by atoms with van der Waals surface area (Å²) in [5.74, 6) is 0.269. The van der Waals surface area contributed by atoms with Crippen LogP contribution >= 0.6 is 23.1 Å². The maximum atomic E-state index is 12.4. The molecule has 2 heterocycles. The standard InChI is InChI=1S/C23H21N3OS2/c24-13-20-19-11-12-26(14-17-7-3-1-4-8-17)15-21(19)29-23(20)25-22(27)16-28-18-9-5-2-6-10-18/h1-10H,11-12,14-16H2,(H,25,27)/p+1. The number of carbonyl (C=O) groups excluding carboxylic acids is 1. The molecule has 0 spiro atoms. The van der Waals surface area contributed by atoms with E-state index in [2.05, 4.69) is 35.7 Å². The number of nitrogens with zero attached hydrogens (tertiary/aromatic N) is 1. The smallest absolute Gasteiger partial charge is 0.235 e. The Morgan fingerprint density at radius 1 is 1.14 bits per heavy atom. The minimum Gasteiger partial charge on any atom is -0.326 e. The summed E-state index contributed by atoms with van der Waals surface area (Å²) in [7, 11) is 0. The maximum absolute atomic E-state index is 12.4. The van der Waals surface area contributed by atoms with Crippen molar-refractivity contribution in [2.75, 3.05) is 17.6 Å². The summed E-state index contributed by atoms with van der Waals surface area (Å²) < 4.78 is 0. The fourth-order valence-electron chi connectivity index (χ4n) is 3.61. The van der Waals surface area contributed by atoms with E-state index < -0.39 is 0 Å². The van der Waals surface area contributed by atoms with E-state index in [1.165, 1.54) is 27.1 Å². The third-order valence-corrected chi connectivity index (χ3v) is 7.16. The summed E-state index contributed by atoms with van der Waals surface area (Å²) >= 11 is 3.07. The van der Waals surface area contributed by atoms with Crippen molar-refractivity contribution in [1.82, 2.24) is 0 Å². The van der Waals surface area contributed by atoms with Crippen LogP contribution in [0.5, 0.6) is 0 Å². The maximum Gasteiger partial charge on any atom is 0.235 e. The van der Waals surface area contributed by atoms with Crippen LogP contribution in [0, 0.1) is 11.3 Å². The number of amides is 1. The van der Waals surface area contributed by atoms with E-state index in [0.29, 0.717) is 16.3 Å². The number of thioether (sulfide) groups is 1. The van der Waals surface area contributed by atoms with Crippen LogP contribution in [-0.4, -0.2) is 18.2 Å². The number of benzene rings is 2. The Morgan fingerprint density at radius 3 is 2.59 bits per heavy atom. The van der Waals surface area contributed by atoms with Crippen molar-refractivity contribution >= 4 is 34.0 Å². The number of nitriles is 1. The molecule has 1 aliphatic rings. The number of rotatable bonds is 6. The van der Waals surface area contributed by atoms with E-state index in [4.69, 9.17) is 0 Å². The summed E-state index contributed by atoms with van der Waals surface area (Å²) in [6, 6.07) is 22.7. The number of quaternary nitrogens is 1. The molecule has 6 heteroatoms. The van der Waals surface area contributed by atoms with Crippen LogP contribution in [0.4, 0.5) is 5.00 Å². The lowest BCUT2D eigenvalue weighted by atomic mass is 10.0. The average molecular weight is 421 g/mol. The molecule has 2 aromatic carbocycles. The van der Waals surface area contributed by atoms with Crippen molar-refractivity contribution in [3.8, 4) is 6.07 Å². The van der Waals surface area contributed by atoms with Gasteiger partial charge in [-0.2, -0.15) is 5.26 Å². The van der Waals surface area contributed by atoms with Gasteiger partial charge in [-0.05, 0) is 17.7 Å². The third kappa shape index (κ3) is 4.88. The summed E-state index contributed by atoms with van der Waals surface area (Å²) in [5, 5.41) is 13.4. The van der Waals surface area contributed by atoms with Gasteiger partial charge >= 0.3 is 0 Å². The van der Waals surface area contributed by atoms with Crippen molar-refractivity contribution in [2.24, 2.45) is 0 Å². The molecule has 1 aromatic heterocycles. The third-order valence-electron chi connectivity index (χ3n) is 5.00. The summed E-state index contributed by atoms with van der Waals surface area (Å²) in [4.78, 5) is 16.2. The van der Waals surface area contributed by atoms with Crippen LogP contribution in [0.25, 0.3) is 0 Å². The number of hydrogen-bond acceptors (Lipinski definition) is 4. The van der Waals surface area contributed by atoms with Crippen LogP contribution in [0.2, 0.25) is 0 Å². The second kappa shape index (κ2) is 9.27. The molecule has 1 aliphatic heterocycles. The molecule has 3 aromatic rings. The van der Waals surface area contributed by atoms with Crippen LogP contribution in [0.1, 0.15) is 21.6 Å². The van der Waals surface area contributed by atoms with E-state index in [1.54, 1.807) is 11.3 Å². The topological polar surface area (TPSA) is 57.3 Å². The van der Waals surface area contributed by atoms with Crippen LogP contribution < -0.4 is 10.2 Å². The van der Waals surface area contributed by atoms with Crippen molar-refractivity contribution in [1.29, 1.82) is 5.26 Å². The molecule has 146 valence electrons. The number of nitrogens with one attached hydrogen (secondary N) is 2. The molecule has 0 fully saturated rings. The number of anilines is 1. The van der Waals surface area contributed by atoms with Gasteiger partial charge in [0, 0.05) is 16.9 Å². The number of thiophene rings is 1. The molecule has 0 aliphatic carbocycles. The zero-order valence-electron chi connectivity index (χ0n) is 16.0. The average Bonchev–Trinajstić information content (AvgIpc) is 3.09. The molecule has 1 atom stereocenters. The van der Waals surface area contributed by atoms with Gasteiger partial charge in [0.15, 0.2) is 0 Å². The van der Waals surface area contributed by atoms with Gasteiger partial charge in [-0.1, -0.05) is 48.5 Å². The van der Waals surface area contributed by atoms with E-state index in [-0.39, 0.29) is 5.91 Å². The van der Waals surface area contributed by atoms with Crippen LogP contribution in [-0.2, 0) is 24.3 Å². The highest BCUT2D eigenvalue weighted by Crippen LogP contribution is 2.34. The highest BCUT2D eigenvalue weighted by Gasteiger charge is 2.27. The molecule has 0 saturated carbocycles. The predicted molar refractivity (Wildman–Crippen MR) is 118 cm³/mol. The molecule has 4 nitrogen and oxygen atoms in total. The lowest BCUT2D eigenvalue weighted by Gasteiger charge is -2.23. The van der Waals surface area contributed by atoms with Crippen molar-refractivity contribution in [2.45, 2.75) is 24.4 Å². The molecule has 1 unspecified atom stereocenters. The monoisotopic (exact) mass is 420 g/mol. The molecular weight excluding hydrogens is 398 g/mol. The fourth-order valence-corrected chi connectivity index (χ4v) is 5.61. The molecule has 0 saturated heterocycles. The van der Waals surface area contributed by atoms with Gasteiger partial charge in [-0.3, -0.25) is 4.79 Å². The Balaban J connectivity index is 1.42. The van der Waals surface area contributed by atoms with Crippen LogP contribution in [0.15, 0.2) is 65.6 Å². The van der Waals surface area contributed by atoms with E-state index >= 15 is 0 Å². The molecule has 29 heavy (non-hydrogen) atoms. The van der Waals surface area contributed by atoms with Gasteiger partial charge in [0.2, 0.25) is 5.91 Å². The second-order valence-electron chi connectivity index (χ2n) is 7.06. The molecule has 1 amide bonds. The first-order valence-electron chi connectivity index (χ1n) is 9.63. The number of carbonyl (C=O) groups is 1. The molecule has 0 bridgehead atoms. The first-order chi connectivity index (χ1) is 14.2. The Labute approximate surface area is 179 Å². The quantitative estimate of drug-likeness (QED) is 0.600. The van der Waals surface area contributed by atoms with Gasteiger partial charge in [0.05, 0.1) is 22.7 Å². The highest BCUT2D eigenvalue weighted by atomic mass is 32.2. The SMILES string of the molecule is N#Cc1c(NC(=O)CSc2ccccc2)sc2c1CC[NH+](Cc1ccccc1)C2. The fraction of sp³-hybridized carbons (Fsp3) is 0.217. The van der Waals surface area contributed by atoms with Crippen molar-refractivity contribution < 1.29 is 9.69 Å². The van der Waals surface area contributed by atoms with Gasteiger partial charge in [-0.15, -0.1) is 23.1 Å². The van der Waals surface area contributed by atoms with Gasteiger partial charge < -0.3 is 10.2 Å². The summed E-state index contributed by atoms with van der Waals surface area (Å²) in [6.45, 7) is 2.89. The number of fused-ring (bicyclic) bond motifs is 1. The minimum atomic E-state index is -0.0672. The molecule has 4 rings (SSSR count). The normalized spacial score (nSPS) is 15.3. The summed E-state index contributed by atoms with van der Waals surface area (Å²) in [6.07, 6.45) is 0.880. The zero-order valence-corrected chi connectivity index (χ0v) is 17.6. The van der Waals surface area contributed by atoms with Gasteiger partial charge in [-0.25, -0.2) is 0 Å². The van der Waals surface area contributed by atoms with Gasteiger partial charge in [0.25, 0.3) is 0 Å². The van der Waals surface area contributed by atoms with E-state index in [0.717, 1.165) is 36.5 Å². The second-order valence-corrected chi connectivity index (χ2v) is 9.21. The lowest BCUT2D eigenvalue weighted by molar-refractivity contribution is -0.929. The zero-order chi connectivity index (χ0) is 20.1. The molecule has 2 N–H and O–H groups in total. The molecule has 0 radical (unpaired) electrons. The van der Waals surface area contributed by atoms with Crippen LogP contribution in [0.3, 0.4) is 0 Å². The van der Waals surface area contributed by atoms with Gasteiger partial charge in [0.1, 0.15) is 24.2 Å². The minimum absolute atomic E-state index is 0.0672. The lowest BCUT2D eigenvalue weighted by Crippen LogP contribution is -3.10. The predicted octanol–water partition coefficient (Wildman–Crippen LogP) is 3.49. The largest absolute Gasteiger partial charge is 0.326 e. The van der Waals surface area contributed by atoms with Crippen molar-refractivity contribution in [3.05, 3.63) is 82.2 Å². The van der Waals surface area contributed by atoms with Crippen molar-refractivity contribution in [3.63, 3.8) is 0 Å². The Kier molecular flexibility index (Phi) is 6.30. The first-order valence-corrected chi connectivity index (χ1v) is 11.4. The number of hydrogen-bond donors (Lipinski definition) is 2. The van der Waals surface area contributed by atoms with E-state index in [1.807, 2.05) is 36.4 Å².